The zero-order chi connectivity index (χ0) is 18.1. The van der Waals surface area contributed by atoms with Gasteiger partial charge in [0.25, 0.3) is 11.8 Å². The van der Waals surface area contributed by atoms with Crippen molar-refractivity contribution in [3.8, 4) is 5.75 Å². The van der Waals surface area contributed by atoms with E-state index in [0.29, 0.717) is 0 Å². The molecule has 1 aromatic heterocycles. The van der Waals surface area contributed by atoms with Gasteiger partial charge in [0.1, 0.15) is 5.69 Å². The van der Waals surface area contributed by atoms with Crippen molar-refractivity contribution in [1.82, 2.24) is 20.6 Å². The first-order valence-corrected chi connectivity index (χ1v) is 7.25. The maximum absolute atomic E-state index is 11.7. The third-order valence-electron chi connectivity index (χ3n) is 2.95. The summed E-state index contributed by atoms with van der Waals surface area (Å²) in [6, 6.07) is 5.77. The normalized spacial score (nSPS) is 9.92. The number of carbonyl (C=O) groups is 2. The fourth-order valence-corrected chi connectivity index (χ4v) is 1.81. The zero-order valence-corrected chi connectivity index (χ0v) is 13.0. The number of nitrogens with zero attached hydrogens (tertiary/aromatic N) is 3. The fourth-order valence-electron chi connectivity index (χ4n) is 1.81. The van der Waals surface area contributed by atoms with E-state index in [4.69, 9.17) is 4.74 Å². The monoisotopic (exact) mass is 345 g/mol. The molecular weight excluding hydrogens is 330 g/mol. The molecule has 10 heteroatoms. The average molecular weight is 345 g/mol. The SMILES string of the molecule is O=C(COc1ccccc1[N+](=O)[O-])NCCNC(=O)c1cnccn1. The molecule has 1 aromatic carbocycles. The predicted molar refractivity (Wildman–Crippen MR) is 86.0 cm³/mol. The van der Waals surface area contributed by atoms with Crippen LogP contribution in [0.3, 0.4) is 0 Å². The fraction of sp³-hybridized carbons (Fsp3) is 0.200. The third-order valence-corrected chi connectivity index (χ3v) is 2.95. The van der Waals surface area contributed by atoms with Crippen LogP contribution in [0.2, 0.25) is 0 Å². The largest absolute Gasteiger partial charge is 0.477 e. The Kier molecular flexibility index (Phi) is 6.34. The molecule has 2 aromatic rings. The number of benzene rings is 1. The van der Waals surface area contributed by atoms with Gasteiger partial charge in [0.15, 0.2) is 12.4 Å². The number of nitro groups is 1. The number of rotatable bonds is 8. The highest BCUT2D eigenvalue weighted by molar-refractivity contribution is 5.91. The molecule has 2 rings (SSSR count). The minimum atomic E-state index is -0.588. The summed E-state index contributed by atoms with van der Waals surface area (Å²) in [5, 5.41) is 15.9. The summed E-state index contributed by atoms with van der Waals surface area (Å²) in [4.78, 5) is 41.2. The molecule has 0 radical (unpaired) electrons. The van der Waals surface area contributed by atoms with Crippen molar-refractivity contribution < 1.29 is 19.2 Å². The molecule has 0 aliphatic rings. The Bertz CT molecular complexity index is 753. The lowest BCUT2D eigenvalue weighted by Gasteiger charge is -2.08. The number of nitro benzene ring substituents is 1. The zero-order valence-electron chi connectivity index (χ0n) is 13.0. The Labute approximate surface area is 142 Å². The van der Waals surface area contributed by atoms with Gasteiger partial charge in [0.05, 0.1) is 11.1 Å². The van der Waals surface area contributed by atoms with Crippen LogP contribution in [0.4, 0.5) is 5.69 Å². The second-order valence-electron chi connectivity index (χ2n) is 4.71. The molecule has 0 aliphatic heterocycles. The van der Waals surface area contributed by atoms with Crippen LogP contribution in [0.1, 0.15) is 10.5 Å². The quantitative estimate of drug-likeness (QED) is 0.399. The lowest BCUT2D eigenvalue weighted by Crippen LogP contribution is -2.37. The summed E-state index contributed by atoms with van der Waals surface area (Å²) in [6.07, 6.45) is 4.18. The van der Waals surface area contributed by atoms with Crippen LogP contribution in [-0.2, 0) is 4.79 Å². The molecule has 2 N–H and O–H groups in total. The summed E-state index contributed by atoms with van der Waals surface area (Å²) in [7, 11) is 0. The van der Waals surface area contributed by atoms with Gasteiger partial charge in [-0.15, -0.1) is 0 Å². The van der Waals surface area contributed by atoms with Gasteiger partial charge in [-0.25, -0.2) is 4.98 Å². The Balaban J connectivity index is 1.70. The van der Waals surface area contributed by atoms with Crippen LogP contribution in [0.15, 0.2) is 42.9 Å². The van der Waals surface area contributed by atoms with E-state index in [1.54, 1.807) is 6.07 Å². The molecular formula is C15H15N5O5. The first-order valence-electron chi connectivity index (χ1n) is 7.25. The molecule has 0 atom stereocenters. The molecule has 130 valence electrons. The van der Waals surface area contributed by atoms with E-state index in [0.717, 1.165) is 0 Å². The van der Waals surface area contributed by atoms with E-state index < -0.39 is 16.7 Å². The van der Waals surface area contributed by atoms with Crippen molar-refractivity contribution in [2.75, 3.05) is 19.7 Å². The standard InChI is InChI=1S/C15H15N5O5/c21-14(10-25-13-4-2-1-3-12(13)20(23)24)18-7-8-19-15(22)11-9-16-5-6-17-11/h1-6,9H,7-8,10H2,(H,18,21)(H,19,22). The first kappa shape index (κ1) is 17.8. The summed E-state index contributed by atoms with van der Waals surface area (Å²) >= 11 is 0. The molecule has 0 spiro atoms. The summed E-state index contributed by atoms with van der Waals surface area (Å²) < 4.78 is 5.15. The van der Waals surface area contributed by atoms with Crippen LogP contribution in [-0.4, -0.2) is 46.4 Å². The number of ether oxygens (including phenoxy) is 1. The smallest absolute Gasteiger partial charge is 0.310 e. The number of carbonyl (C=O) groups excluding carboxylic acids is 2. The number of para-hydroxylation sites is 2. The lowest BCUT2D eigenvalue weighted by atomic mass is 10.3. The maximum atomic E-state index is 11.7. The van der Waals surface area contributed by atoms with E-state index in [9.17, 15) is 19.7 Å². The highest BCUT2D eigenvalue weighted by Gasteiger charge is 2.14. The average Bonchev–Trinajstić information content (AvgIpc) is 2.64. The molecule has 0 unspecified atom stereocenters. The maximum Gasteiger partial charge on any atom is 0.310 e. The molecule has 2 amide bonds. The van der Waals surface area contributed by atoms with E-state index in [1.807, 2.05) is 0 Å². The highest BCUT2D eigenvalue weighted by atomic mass is 16.6. The van der Waals surface area contributed by atoms with E-state index in [2.05, 4.69) is 20.6 Å². The van der Waals surface area contributed by atoms with Gasteiger partial charge in [-0.05, 0) is 6.07 Å². The van der Waals surface area contributed by atoms with Gasteiger partial charge in [-0.1, -0.05) is 12.1 Å². The number of hydrogen-bond donors (Lipinski definition) is 2. The molecule has 0 aliphatic carbocycles. The van der Waals surface area contributed by atoms with Crippen LogP contribution in [0, 0.1) is 10.1 Å². The molecule has 0 saturated carbocycles. The topological polar surface area (TPSA) is 136 Å². The predicted octanol–water partition coefficient (Wildman–Crippen LogP) is 0.310. The van der Waals surface area contributed by atoms with Crippen molar-refractivity contribution >= 4 is 17.5 Å². The summed E-state index contributed by atoms with van der Waals surface area (Å²) in [5.74, 6) is -0.857. The van der Waals surface area contributed by atoms with Crippen LogP contribution < -0.4 is 15.4 Å². The number of hydrogen-bond acceptors (Lipinski definition) is 7. The Hall–Kier alpha value is -3.56. The van der Waals surface area contributed by atoms with Crippen molar-refractivity contribution in [2.24, 2.45) is 0 Å². The van der Waals surface area contributed by atoms with E-state index in [-0.39, 0.29) is 36.8 Å². The molecule has 0 saturated heterocycles. The molecule has 1 heterocycles. The van der Waals surface area contributed by atoms with Crippen LogP contribution >= 0.6 is 0 Å². The third kappa shape index (κ3) is 5.53. The second-order valence-corrected chi connectivity index (χ2v) is 4.71. The van der Waals surface area contributed by atoms with Gasteiger partial charge in [0, 0.05) is 31.5 Å². The van der Waals surface area contributed by atoms with Gasteiger partial charge in [0.2, 0.25) is 0 Å². The van der Waals surface area contributed by atoms with E-state index >= 15 is 0 Å². The van der Waals surface area contributed by atoms with Crippen LogP contribution in [0.25, 0.3) is 0 Å². The van der Waals surface area contributed by atoms with Gasteiger partial charge in [-0.2, -0.15) is 0 Å². The van der Waals surface area contributed by atoms with Gasteiger partial charge in [-0.3, -0.25) is 24.7 Å². The molecule has 0 fully saturated rings. The van der Waals surface area contributed by atoms with Crippen molar-refractivity contribution in [3.63, 3.8) is 0 Å². The van der Waals surface area contributed by atoms with Crippen LogP contribution in [0.5, 0.6) is 5.75 Å². The number of nitrogens with one attached hydrogen (secondary N) is 2. The summed E-state index contributed by atoms with van der Waals surface area (Å²) in [6.45, 7) is -0.0132. The first-order chi connectivity index (χ1) is 12.1. The van der Waals surface area contributed by atoms with E-state index in [1.165, 1.54) is 36.8 Å². The highest BCUT2D eigenvalue weighted by Crippen LogP contribution is 2.25. The van der Waals surface area contributed by atoms with Gasteiger partial charge >= 0.3 is 5.69 Å². The van der Waals surface area contributed by atoms with Crippen molar-refractivity contribution in [3.05, 3.63) is 58.7 Å². The Morgan fingerprint density at radius 2 is 1.92 bits per heavy atom. The minimum Gasteiger partial charge on any atom is -0.477 e. The van der Waals surface area contributed by atoms with Gasteiger partial charge < -0.3 is 15.4 Å². The molecule has 25 heavy (non-hydrogen) atoms. The molecule has 10 nitrogen and oxygen atoms in total. The summed E-state index contributed by atoms with van der Waals surface area (Å²) in [5.41, 5.74) is -0.0416. The second kappa shape index (κ2) is 8.91. The number of aromatic nitrogens is 2. The van der Waals surface area contributed by atoms with Crippen molar-refractivity contribution in [1.29, 1.82) is 0 Å². The number of amides is 2. The minimum absolute atomic E-state index is 0.0126. The Morgan fingerprint density at radius 3 is 2.64 bits per heavy atom. The van der Waals surface area contributed by atoms with Crippen molar-refractivity contribution in [2.45, 2.75) is 0 Å². The lowest BCUT2D eigenvalue weighted by molar-refractivity contribution is -0.385. The Morgan fingerprint density at radius 1 is 1.16 bits per heavy atom. The molecule has 0 bridgehead atoms.